The van der Waals surface area contributed by atoms with E-state index in [0.29, 0.717) is 19.1 Å². The minimum absolute atomic E-state index is 0.132. The fourth-order valence-electron chi connectivity index (χ4n) is 2.97. The molecule has 2 heterocycles. The van der Waals surface area contributed by atoms with Crippen molar-refractivity contribution in [1.29, 1.82) is 0 Å². The molecule has 2 amide bonds. The number of hydrogen-bond donors (Lipinski definition) is 2. The maximum Gasteiger partial charge on any atom is 0.315 e. The van der Waals surface area contributed by atoms with Gasteiger partial charge in [-0.1, -0.05) is 24.3 Å². The average Bonchev–Trinajstić information content (AvgIpc) is 3.02. The second kappa shape index (κ2) is 7.77. The van der Waals surface area contributed by atoms with E-state index in [1.54, 1.807) is 11.3 Å². The summed E-state index contributed by atoms with van der Waals surface area (Å²) in [6.45, 7) is 7.25. The number of rotatable bonds is 5. The normalized spacial score (nSPS) is 15.6. The molecule has 1 unspecified atom stereocenters. The highest BCUT2D eigenvalue weighted by molar-refractivity contribution is 7.09. The van der Waals surface area contributed by atoms with Gasteiger partial charge in [-0.15, -0.1) is 11.3 Å². The molecule has 1 aliphatic heterocycles. The van der Waals surface area contributed by atoms with Crippen LogP contribution in [0.2, 0.25) is 0 Å². The molecule has 0 spiro atoms. The lowest BCUT2D eigenvalue weighted by Gasteiger charge is -2.33. The summed E-state index contributed by atoms with van der Waals surface area (Å²) in [5, 5.41) is 8.76. The first-order valence-electron chi connectivity index (χ1n) is 8.35. The van der Waals surface area contributed by atoms with Crippen LogP contribution >= 0.6 is 11.3 Å². The van der Waals surface area contributed by atoms with Gasteiger partial charge in [0, 0.05) is 36.8 Å². The number of benzene rings is 1. The number of carbonyl (C=O) groups is 1. The second-order valence-electron chi connectivity index (χ2n) is 6.28. The van der Waals surface area contributed by atoms with Gasteiger partial charge in [0.15, 0.2) is 0 Å². The Morgan fingerprint density at radius 1 is 1.33 bits per heavy atom. The lowest BCUT2D eigenvalue weighted by Crippen LogP contribution is -2.46. The number of thiazole rings is 1. The fraction of sp³-hybridized carbons (Fsp3) is 0.444. The molecule has 1 aromatic carbocycles. The summed E-state index contributed by atoms with van der Waals surface area (Å²) in [4.78, 5) is 18.7. The number of aromatic nitrogens is 1. The second-order valence-corrected chi connectivity index (χ2v) is 7.23. The predicted octanol–water partition coefficient (Wildman–Crippen LogP) is 2.70. The van der Waals surface area contributed by atoms with Gasteiger partial charge in [-0.05, 0) is 31.4 Å². The van der Waals surface area contributed by atoms with Crippen LogP contribution in [-0.2, 0) is 19.5 Å². The van der Waals surface area contributed by atoms with Crippen molar-refractivity contribution >= 4 is 17.4 Å². The first kappa shape index (κ1) is 16.9. The summed E-state index contributed by atoms with van der Waals surface area (Å²) in [6, 6.07) is 8.79. The summed E-state index contributed by atoms with van der Waals surface area (Å²) in [6.07, 6.45) is 1.08. The van der Waals surface area contributed by atoms with Gasteiger partial charge in [0.1, 0.15) is 5.01 Å². The third-order valence-corrected chi connectivity index (χ3v) is 5.37. The Morgan fingerprint density at radius 3 is 2.88 bits per heavy atom. The van der Waals surface area contributed by atoms with Crippen molar-refractivity contribution in [3.8, 4) is 0 Å². The van der Waals surface area contributed by atoms with Gasteiger partial charge >= 0.3 is 6.03 Å². The number of urea groups is 1. The van der Waals surface area contributed by atoms with Crippen LogP contribution in [0.4, 0.5) is 4.79 Å². The number of nitrogens with zero attached hydrogens (tertiary/aromatic N) is 2. The Labute approximate surface area is 147 Å². The summed E-state index contributed by atoms with van der Waals surface area (Å²) < 4.78 is 0. The summed E-state index contributed by atoms with van der Waals surface area (Å²) in [7, 11) is 0. The Kier molecular flexibility index (Phi) is 5.48. The fourth-order valence-corrected chi connectivity index (χ4v) is 3.68. The molecular formula is C18H24N4OS. The minimum Gasteiger partial charge on any atom is -0.337 e. The van der Waals surface area contributed by atoms with Crippen molar-refractivity contribution in [3.63, 3.8) is 0 Å². The highest BCUT2D eigenvalue weighted by Gasteiger charge is 2.20. The van der Waals surface area contributed by atoms with Crippen molar-refractivity contribution < 1.29 is 4.79 Å². The molecule has 0 saturated heterocycles. The van der Waals surface area contributed by atoms with E-state index < -0.39 is 0 Å². The molecule has 24 heavy (non-hydrogen) atoms. The number of fused-ring (bicyclic) bond motifs is 1. The molecule has 0 bridgehead atoms. The summed E-state index contributed by atoms with van der Waals surface area (Å²) in [5.74, 6) is 0. The molecule has 0 fully saturated rings. The third kappa shape index (κ3) is 4.33. The zero-order chi connectivity index (χ0) is 16.9. The number of amides is 2. The van der Waals surface area contributed by atoms with E-state index in [1.165, 1.54) is 11.1 Å². The molecule has 0 aliphatic carbocycles. The number of hydrogen-bond acceptors (Lipinski definition) is 4. The first-order valence-corrected chi connectivity index (χ1v) is 9.23. The molecule has 1 aliphatic rings. The molecule has 3 rings (SSSR count). The smallest absolute Gasteiger partial charge is 0.315 e. The largest absolute Gasteiger partial charge is 0.337 e. The summed E-state index contributed by atoms with van der Waals surface area (Å²) >= 11 is 1.57. The quantitative estimate of drug-likeness (QED) is 0.877. The topological polar surface area (TPSA) is 57.3 Å². The highest BCUT2D eigenvalue weighted by atomic mass is 32.1. The highest BCUT2D eigenvalue weighted by Crippen LogP contribution is 2.19. The van der Waals surface area contributed by atoms with Crippen LogP contribution in [0.1, 0.15) is 28.8 Å². The average molecular weight is 344 g/mol. The van der Waals surface area contributed by atoms with Crippen molar-refractivity contribution in [1.82, 2.24) is 20.5 Å². The van der Waals surface area contributed by atoms with Crippen molar-refractivity contribution in [3.05, 3.63) is 51.5 Å². The van der Waals surface area contributed by atoms with Crippen LogP contribution in [0.5, 0.6) is 0 Å². The van der Waals surface area contributed by atoms with Crippen LogP contribution in [0.3, 0.4) is 0 Å². The standard InChI is InChI=1S/C18H24N4OS/c1-13-12-24-17(21-13)10-20-18(23)19-9-14(2)22-8-7-15-5-3-4-6-16(15)11-22/h3-6,12,14H,7-11H2,1-2H3,(H2,19,20,23). The van der Waals surface area contributed by atoms with E-state index in [2.05, 4.69) is 51.7 Å². The van der Waals surface area contributed by atoms with E-state index >= 15 is 0 Å². The third-order valence-electron chi connectivity index (χ3n) is 4.41. The van der Waals surface area contributed by atoms with Gasteiger partial charge in [0.2, 0.25) is 0 Å². The van der Waals surface area contributed by atoms with E-state index in [0.717, 1.165) is 30.2 Å². The maximum absolute atomic E-state index is 11.9. The monoisotopic (exact) mass is 344 g/mol. The van der Waals surface area contributed by atoms with E-state index in [4.69, 9.17) is 0 Å². The van der Waals surface area contributed by atoms with Gasteiger partial charge in [0.25, 0.3) is 0 Å². The first-order chi connectivity index (χ1) is 11.6. The predicted molar refractivity (Wildman–Crippen MR) is 97.1 cm³/mol. The van der Waals surface area contributed by atoms with Gasteiger partial charge in [-0.25, -0.2) is 9.78 Å². The number of aryl methyl sites for hydroxylation is 1. The van der Waals surface area contributed by atoms with Crippen LogP contribution in [-0.4, -0.2) is 35.0 Å². The lowest BCUT2D eigenvalue weighted by molar-refractivity contribution is 0.185. The molecule has 1 atom stereocenters. The van der Waals surface area contributed by atoms with Crippen molar-refractivity contribution in [2.75, 3.05) is 13.1 Å². The zero-order valence-electron chi connectivity index (χ0n) is 14.2. The Morgan fingerprint density at radius 2 is 2.12 bits per heavy atom. The molecule has 0 saturated carbocycles. The van der Waals surface area contributed by atoms with Gasteiger partial charge in [0.05, 0.1) is 6.54 Å². The Bertz CT molecular complexity index is 700. The molecule has 128 valence electrons. The maximum atomic E-state index is 11.9. The molecule has 1 aromatic heterocycles. The number of carbonyl (C=O) groups excluding carboxylic acids is 1. The van der Waals surface area contributed by atoms with Gasteiger partial charge in [-0.3, -0.25) is 4.90 Å². The SMILES string of the molecule is Cc1csc(CNC(=O)NCC(C)N2CCc3ccccc3C2)n1. The van der Waals surface area contributed by atoms with Crippen LogP contribution in [0.25, 0.3) is 0 Å². The molecule has 5 nitrogen and oxygen atoms in total. The molecular weight excluding hydrogens is 320 g/mol. The van der Waals surface area contributed by atoms with Gasteiger partial charge in [-0.2, -0.15) is 0 Å². The van der Waals surface area contributed by atoms with E-state index in [-0.39, 0.29) is 6.03 Å². The van der Waals surface area contributed by atoms with Crippen LogP contribution in [0, 0.1) is 6.92 Å². The Balaban J connectivity index is 1.42. The van der Waals surface area contributed by atoms with Gasteiger partial charge < -0.3 is 10.6 Å². The van der Waals surface area contributed by atoms with Crippen molar-refractivity contribution in [2.24, 2.45) is 0 Å². The van der Waals surface area contributed by atoms with Crippen LogP contribution in [0.15, 0.2) is 29.6 Å². The summed E-state index contributed by atoms with van der Waals surface area (Å²) in [5.41, 5.74) is 3.85. The zero-order valence-corrected chi connectivity index (χ0v) is 15.0. The molecule has 2 N–H and O–H groups in total. The lowest BCUT2D eigenvalue weighted by atomic mass is 9.99. The van der Waals surface area contributed by atoms with E-state index in [9.17, 15) is 4.79 Å². The molecule has 0 radical (unpaired) electrons. The molecule has 2 aromatic rings. The minimum atomic E-state index is -0.132. The van der Waals surface area contributed by atoms with E-state index in [1.807, 2.05) is 12.3 Å². The molecule has 6 heteroatoms. The number of nitrogens with one attached hydrogen (secondary N) is 2. The Hall–Kier alpha value is -1.92. The van der Waals surface area contributed by atoms with Crippen LogP contribution < -0.4 is 10.6 Å². The van der Waals surface area contributed by atoms with Crippen molar-refractivity contribution in [2.45, 2.75) is 39.4 Å².